The van der Waals surface area contributed by atoms with E-state index in [4.69, 9.17) is 29.5 Å². The highest BCUT2D eigenvalue weighted by Crippen LogP contribution is 2.32. The number of fused-ring (bicyclic) bond motifs is 1. The molecular weight excluding hydrogens is 422 g/mol. The molecule has 2 aliphatic rings. The van der Waals surface area contributed by atoms with Crippen LogP contribution in [0.1, 0.15) is 24.6 Å². The van der Waals surface area contributed by atoms with Crippen LogP contribution in [0.5, 0.6) is 0 Å². The fourth-order valence-electron chi connectivity index (χ4n) is 4.49. The predicted molar refractivity (Wildman–Crippen MR) is 120 cm³/mol. The van der Waals surface area contributed by atoms with Crippen molar-refractivity contribution in [2.75, 3.05) is 44.4 Å². The maximum Gasteiger partial charge on any atom is 0.254 e. The van der Waals surface area contributed by atoms with Crippen LogP contribution in [0.4, 0.5) is 5.82 Å². The third-order valence-electron chi connectivity index (χ3n) is 6.27. The van der Waals surface area contributed by atoms with Crippen molar-refractivity contribution in [2.45, 2.75) is 18.8 Å². The number of morpholine rings is 1. The lowest BCUT2D eigenvalue weighted by molar-refractivity contribution is 0.0831. The summed E-state index contributed by atoms with van der Waals surface area (Å²) in [5, 5.41) is 4.69. The maximum absolute atomic E-state index is 5.57. The monoisotopic (exact) mass is 447 g/mol. The van der Waals surface area contributed by atoms with Crippen LogP contribution in [0.2, 0.25) is 0 Å². The van der Waals surface area contributed by atoms with Crippen LogP contribution < -0.4 is 4.90 Å². The lowest BCUT2D eigenvalue weighted by atomic mass is 10.00. The van der Waals surface area contributed by atoms with Gasteiger partial charge in [0.05, 0.1) is 18.9 Å². The Bertz CT molecular complexity index is 1260. The van der Waals surface area contributed by atoms with Crippen LogP contribution >= 0.6 is 0 Å². The zero-order chi connectivity index (χ0) is 22.2. The molecule has 4 aromatic heterocycles. The quantitative estimate of drug-likeness (QED) is 0.462. The normalized spacial score (nSPS) is 17.7. The summed E-state index contributed by atoms with van der Waals surface area (Å²) in [7, 11) is 2.04. The van der Waals surface area contributed by atoms with Gasteiger partial charge in [-0.1, -0.05) is 0 Å². The molecule has 0 radical (unpaired) electrons. The van der Waals surface area contributed by atoms with Gasteiger partial charge in [0.2, 0.25) is 0 Å². The van der Waals surface area contributed by atoms with Crippen LogP contribution in [0, 0.1) is 0 Å². The minimum Gasteiger partial charge on any atom is -0.381 e. The molecule has 0 saturated carbocycles. The Labute approximate surface area is 190 Å². The van der Waals surface area contributed by atoms with Gasteiger partial charge in [0, 0.05) is 63.4 Å². The summed E-state index contributed by atoms with van der Waals surface area (Å²) >= 11 is 0. The number of aromatic nitrogens is 8. The number of imidazole rings is 1. The van der Waals surface area contributed by atoms with Gasteiger partial charge in [0.15, 0.2) is 17.0 Å². The standard InChI is InChI=1S/C22H25N9O2/c1-29-19(15-3-8-32-9-4-15)25-18-20(29)26-22(27-21(18)30-6-10-33-11-7-30)31-5-2-17(28-31)16-12-23-14-24-13-16/h2,5,12-15H,3-4,6-11H2,1H3. The lowest BCUT2D eigenvalue weighted by Gasteiger charge is -2.28. The molecule has 170 valence electrons. The summed E-state index contributed by atoms with van der Waals surface area (Å²) in [4.78, 5) is 25.3. The second-order valence-electron chi connectivity index (χ2n) is 8.31. The van der Waals surface area contributed by atoms with E-state index in [0.29, 0.717) is 25.1 Å². The summed E-state index contributed by atoms with van der Waals surface area (Å²) in [5.41, 5.74) is 3.24. The van der Waals surface area contributed by atoms with Crippen molar-refractivity contribution >= 4 is 17.0 Å². The van der Waals surface area contributed by atoms with E-state index < -0.39 is 0 Å². The third kappa shape index (κ3) is 3.72. The number of ether oxygens (including phenoxy) is 2. The van der Waals surface area contributed by atoms with Crippen molar-refractivity contribution in [1.82, 2.24) is 39.3 Å². The molecular formula is C22H25N9O2. The number of rotatable bonds is 4. The van der Waals surface area contributed by atoms with Gasteiger partial charge in [0.1, 0.15) is 12.2 Å². The molecule has 0 bridgehead atoms. The first-order chi connectivity index (χ1) is 16.3. The Balaban J connectivity index is 1.47. The molecule has 6 heterocycles. The van der Waals surface area contributed by atoms with E-state index >= 15 is 0 Å². The first-order valence-electron chi connectivity index (χ1n) is 11.2. The molecule has 6 rings (SSSR count). The molecule has 11 nitrogen and oxygen atoms in total. The second kappa shape index (κ2) is 8.49. The zero-order valence-corrected chi connectivity index (χ0v) is 18.5. The Hall–Kier alpha value is -3.44. The Morgan fingerprint density at radius 2 is 1.70 bits per heavy atom. The molecule has 0 amide bonds. The average Bonchev–Trinajstić information content (AvgIpc) is 3.51. The Morgan fingerprint density at radius 3 is 2.48 bits per heavy atom. The van der Waals surface area contributed by atoms with Gasteiger partial charge in [-0.15, -0.1) is 0 Å². The third-order valence-corrected chi connectivity index (χ3v) is 6.27. The summed E-state index contributed by atoms with van der Waals surface area (Å²) in [6, 6.07) is 1.91. The van der Waals surface area contributed by atoms with Crippen molar-refractivity contribution in [1.29, 1.82) is 0 Å². The fourth-order valence-corrected chi connectivity index (χ4v) is 4.49. The number of hydrogen-bond donors (Lipinski definition) is 0. The summed E-state index contributed by atoms with van der Waals surface area (Å²) in [6.45, 7) is 4.39. The number of nitrogens with zero attached hydrogens (tertiary/aromatic N) is 9. The average molecular weight is 448 g/mol. The van der Waals surface area contributed by atoms with Gasteiger partial charge >= 0.3 is 0 Å². The minimum atomic E-state index is 0.355. The second-order valence-corrected chi connectivity index (χ2v) is 8.31. The number of hydrogen-bond acceptors (Lipinski definition) is 9. The molecule has 11 heteroatoms. The van der Waals surface area contributed by atoms with Gasteiger partial charge in [-0.2, -0.15) is 15.1 Å². The van der Waals surface area contributed by atoms with Crippen molar-refractivity contribution in [3.63, 3.8) is 0 Å². The van der Waals surface area contributed by atoms with Crippen molar-refractivity contribution in [2.24, 2.45) is 7.05 Å². The van der Waals surface area contributed by atoms with E-state index in [9.17, 15) is 0 Å². The van der Waals surface area contributed by atoms with E-state index in [1.54, 1.807) is 17.1 Å². The maximum atomic E-state index is 5.57. The van der Waals surface area contributed by atoms with Gasteiger partial charge < -0.3 is 18.9 Å². The van der Waals surface area contributed by atoms with E-state index in [0.717, 1.165) is 73.2 Å². The molecule has 4 aromatic rings. The smallest absolute Gasteiger partial charge is 0.254 e. The molecule has 2 saturated heterocycles. The van der Waals surface area contributed by atoms with E-state index in [1.807, 2.05) is 19.3 Å². The van der Waals surface area contributed by atoms with E-state index in [-0.39, 0.29) is 0 Å². The lowest BCUT2D eigenvalue weighted by Crippen LogP contribution is -2.37. The fraction of sp³-hybridized carbons (Fsp3) is 0.455. The van der Waals surface area contributed by atoms with Gasteiger partial charge in [-0.3, -0.25) is 0 Å². The summed E-state index contributed by atoms with van der Waals surface area (Å²) in [5.74, 6) is 2.73. The minimum absolute atomic E-state index is 0.355. The van der Waals surface area contributed by atoms with Crippen LogP contribution in [-0.4, -0.2) is 78.8 Å². The predicted octanol–water partition coefficient (Wildman–Crippen LogP) is 1.74. The first kappa shape index (κ1) is 20.2. The molecule has 2 fully saturated rings. The van der Waals surface area contributed by atoms with Crippen LogP contribution in [0.15, 0.2) is 31.0 Å². The van der Waals surface area contributed by atoms with E-state index in [2.05, 4.69) is 19.4 Å². The molecule has 0 spiro atoms. The number of aryl methyl sites for hydroxylation is 1. The molecule has 2 aliphatic heterocycles. The molecule has 0 aliphatic carbocycles. The van der Waals surface area contributed by atoms with Crippen LogP contribution in [0.25, 0.3) is 28.4 Å². The van der Waals surface area contributed by atoms with Gasteiger partial charge in [-0.05, 0) is 18.9 Å². The topological polar surface area (TPSA) is 109 Å². The van der Waals surface area contributed by atoms with Crippen LogP contribution in [-0.2, 0) is 16.5 Å². The highest BCUT2D eigenvalue weighted by molar-refractivity contribution is 5.85. The summed E-state index contributed by atoms with van der Waals surface area (Å²) < 4.78 is 14.9. The van der Waals surface area contributed by atoms with Crippen molar-refractivity contribution < 1.29 is 9.47 Å². The molecule has 0 aromatic carbocycles. The van der Waals surface area contributed by atoms with Crippen molar-refractivity contribution in [3.8, 4) is 17.2 Å². The Kier molecular flexibility index (Phi) is 5.19. The first-order valence-corrected chi connectivity index (χ1v) is 11.2. The van der Waals surface area contributed by atoms with Crippen LogP contribution in [0.3, 0.4) is 0 Å². The van der Waals surface area contributed by atoms with Gasteiger partial charge in [0.25, 0.3) is 5.95 Å². The zero-order valence-electron chi connectivity index (χ0n) is 18.5. The van der Waals surface area contributed by atoms with E-state index in [1.165, 1.54) is 6.33 Å². The Morgan fingerprint density at radius 1 is 0.939 bits per heavy atom. The summed E-state index contributed by atoms with van der Waals surface area (Å²) in [6.07, 6.45) is 8.78. The number of anilines is 1. The molecule has 0 atom stereocenters. The molecule has 0 unspecified atom stereocenters. The SMILES string of the molecule is Cn1c(C2CCOCC2)nc2c(N3CCOCC3)nc(-n3ccc(-c4cncnc4)n3)nc21. The van der Waals surface area contributed by atoms with Gasteiger partial charge in [-0.25, -0.2) is 19.6 Å². The largest absolute Gasteiger partial charge is 0.381 e. The highest BCUT2D eigenvalue weighted by Gasteiger charge is 2.27. The molecule has 0 N–H and O–H groups in total. The molecule has 33 heavy (non-hydrogen) atoms. The highest BCUT2D eigenvalue weighted by atomic mass is 16.5. The van der Waals surface area contributed by atoms with Crippen molar-refractivity contribution in [3.05, 3.63) is 36.8 Å².